The van der Waals surface area contributed by atoms with Crippen LogP contribution in [0, 0.1) is 0 Å². The van der Waals surface area contributed by atoms with E-state index in [0.29, 0.717) is 0 Å². The lowest BCUT2D eigenvalue weighted by Gasteiger charge is -2.11. The average molecular weight is 771 g/mol. The van der Waals surface area contributed by atoms with Crippen molar-refractivity contribution in [2.75, 3.05) is 0 Å². The Morgan fingerprint density at radius 3 is 1.17 bits per heavy atom. The maximum atomic E-state index is 5.68. The summed E-state index contributed by atoms with van der Waals surface area (Å²) in [5, 5.41) is 0.279. The molecule has 0 atom stereocenters. The van der Waals surface area contributed by atoms with Gasteiger partial charge in [-0.3, -0.25) is 0 Å². The predicted octanol–water partition coefficient (Wildman–Crippen LogP) is 10.7. The first-order chi connectivity index (χ1) is 10.9. The maximum absolute atomic E-state index is 5.68. The summed E-state index contributed by atoms with van der Waals surface area (Å²) in [4.78, 5) is 0. The van der Waals surface area contributed by atoms with Gasteiger partial charge in [-0.1, -0.05) is 82.3 Å². The number of hydrogen-bond acceptors (Lipinski definition) is 0. The fraction of sp³-hybridized carbons (Fsp3) is 0.0769. The molecule has 0 aromatic heterocycles. The van der Waals surface area contributed by atoms with Gasteiger partial charge in [0.15, 0.2) is 4.33 Å². The molecule has 0 unspecified atom stereocenters. The van der Waals surface area contributed by atoms with Gasteiger partial charge in [0.2, 0.25) is 0 Å². The van der Waals surface area contributed by atoms with Crippen molar-refractivity contribution >= 4 is 155 Å². The van der Waals surface area contributed by atoms with Crippen LogP contribution in [0.25, 0.3) is 6.08 Å². The first-order valence-corrected chi connectivity index (χ1v) is 11.8. The van der Waals surface area contributed by atoms with Crippen molar-refractivity contribution in [2.45, 2.75) is 4.33 Å². The summed E-state index contributed by atoms with van der Waals surface area (Å²) in [5.41, 5.74) is 1.02. The van der Waals surface area contributed by atoms with Crippen LogP contribution in [0.3, 0.4) is 0 Å². The first kappa shape index (κ1) is 24.6. The Kier molecular flexibility index (Phi) is 10.1. The van der Waals surface area contributed by atoms with Crippen molar-refractivity contribution in [3.8, 4) is 0 Å². The van der Waals surface area contributed by atoms with Crippen molar-refractivity contribution in [3.05, 3.63) is 54.6 Å². The minimum atomic E-state index is -1.47. The second-order valence-electron chi connectivity index (χ2n) is 4.02. The quantitative estimate of drug-likeness (QED) is 0.152. The summed E-state index contributed by atoms with van der Waals surface area (Å²) >= 11 is 51.1. The van der Waals surface area contributed by atoms with Gasteiger partial charge >= 0.3 is 0 Å². The van der Waals surface area contributed by atoms with Crippen LogP contribution in [0.5, 0.6) is 0 Å². The molecular weight excluding hydrogens is 768 g/mol. The Bertz CT molecular complexity index is 714. The number of halogens is 11. The molecule has 0 bridgehead atoms. The zero-order valence-electron chi connectivity index (χ0n) is 10.9. The van der Waals surface area contributed by atoms with Crippen molar-refractivity contribution in [1.82, 2.24) is 0 Å². The van der Waals surface area contributed by atoms with Gasteiger partial charge in [0, 0.05) is 27.9 Å². The molecule has 0 fully saturated rings. The van der Waals surface area contributed by atoms with Gasteiger partial charge in [-0.15, -0.1) is 0 Å². The second-order valence-corrected chi connectivity index (χ2v) is 10.8. The van der Waals surface area contributed by atoms with E-state index in [-0.39, 0.29) is 20.1 Å². The highest BCUT2D eigenvalue weighted by atomic mass is 79.9. The number of allylic oxidation sites excluding steroid dienone is 4. The molecule has 0 aliphatic heterocycles. The molecule has 0 nitrogen and oxygen atoms in total. The van der Waals surface area contributed by atoms with Gasteiger partial charge in [0.05, 0.1) is 20.1 Å². The Morgan fingerprint density at radius 2 is 0.958 bits per heavy atom. The monoisotopic (exact) mass is 763 g/mol. The molecule has 0 amide bonds. The summed E-state index contributed by atoms with van der Waals surface area (Å²) < 4.78 is 3.39. The Balaban J connectivity index is 0.000000243. The Labute approximate surface area is 211 Å². The SMILES string of the molecule is C=Cc1c(Br)c(Br)c(Br)c(Br)c1Br.ClC1=C(Cl)C(Cl)(Cl)C(Cl)=C1Cl. The van der Waals surface area contributed by atoms with Crippen molar-refractivity contribution < 1.29 is 0 Å². The molecule has 1 aliphatic rings. The standard InChI is InChI=1S/C8H3Br5.C5Cl6/c1-2-3-4(9)6(11)8(13)7(12)5(3)10;6-1-2(7)4(9)5(10,11)3(1)8/h2H,1H2;. The van der Waals surface area contributed by atoms with Crippen LogP contribution >= 0.6 is 149 Å². The lowest BCUT2D eigenvalue weighted by molar-refractivity contribution is 1.24. The van der Waals surface area contributed by atoms with Gasteiger partial charge < -0.3 is 0 Å². The summed E-state index contributed by atoms with van der Waals surface area (Å²) in [6.45, 7) is 3.75. The minimum Gasteiger partial charge on any atom is -0.0984 e. The van der Waals surface area contributed by atoms with Crippen LogP contribution in [0.4, 0.5) is 0 Å². The minimum absolute atomic E-state index is 0.0394. The normalized spacial score (nSPS) is 16.3. The fourth-order valence-corrected chi connectivity index (χ4v) is 6.33. The number of benzene rings is 1. The van der Waals surface area contributed by atoms with Crippen molar-refractivity contribution in [1.29, 1.82) is 0 Å². The van der Waals surface area contributed by atoms with E-state index in [0.717, 1.165) is 27.9 Å². The van der Waals surface area contributed by atoms with Crippen LogP contribution in [0.15, 0.2) is 49.1 Å². The third kappa shape index (κ3) is 4.94. The van der Waals surface area contributed by atoms with E-state index >= 15 is 0 Å². The van der Waals surface area contributed by atoms with E-state index in [1.807, 2.05) is 0 Å². The molecule has 24 heavy (non-hydrogen) atoms. The molecule has 0 N–H and O–H groups in total. The predicted molar refractivity (Wildman–Crippen MR) is 127 cm³/mol. The average Bonchev–Trinajstić information content (AvgIpc) is 2.67. The zero-order valence-corrected chi connectivity index (χ0v) is 23.4. The molecule has 132 valence electrons. The highest BCUT2D eigenvalue weighted by Gasteiger charge is 2.42. The Hall–Kier alpha value is 2.58. The van der Waals surface area contributed by atoms with Crippen molar-refractivity contribution in [2.24, 2.45) is 0 Å². The highest BCUT2D eigenvalue weighted by Crippen LogP contribution is 2.53. The molecule has 1 aromatic carbocycles. The van der Waals surface area contributed by atoms with E-state index < -0.39 is 4.33 Å². The van der Waals surface area contributed by atoms with E-state index in [1.165, 1.54) is 0 Å². The molecule has 11 heteroatoms. The van der Waals surface area contributed by atoms with E-state index in [1.54, 1.807) is 6.08 Å². The smallest absolute Gasteiger partial charge is 0.0984 e. The number of hydrogen-bond donors (Lipinski definition) is 0. The second kappa shape index (κ2) is 9.87. The highest BCUT2D eigenvalue weighted by molar-refractivity contribution is 9.15. The molecule has 0 saturated carbocycles. The van der Waals surface area contributed by atoms with E-state index in [2.05, 4.69) is 86.2 Å². The summed E-state index contributed by atoms with van der Waals surface area (Å²) in [6.07, 6.45) is 1.79. The molecule has 0 saturated heterocycles. The van der Waals surface area contributed by atoms with Gasteiger partial charge in [0.25, 0.3) is 0 Å². The molecular formula is C13H3Br5Cl6. The lowest BCUT2D eigenvalue weighted by Crippen LogP contribution is -2.09. The van der Waals surface area contributed by atoms with E-state index in [4.69, 9.17) is 69.6 Å². The fourth-order valence-electron chi connectivity index (χ4n) is 1.37. The van der Waals surface area contributed by atoms with Crippen LogP contribution < -0.4 is 0 Å². The number of alkyl halides is 2. The van der Waals surface area contributed by atoms with Gasteiger partial charge in [0.1, 0.15) is 0 Å². The molecule has 0 radical (unpaired) electrons. The van der Waals surface area contributed by atoms with Gasteiger partial charge in [-0.05, 0) is 79.6 Å². The molecule has 0 spiro atoms. The van der Waals surface area contributed by atoms with Gasteiger partial charge in [-0.25, -0.2) is 0 Å². The van der Waals surface area contributed by atoms with Gasteiger partial charge in [-0.2, -0.15) is 0 Å². The largest absolute Gasteiger partial charge is 0.191 e. The van der Waals surface area contributed by atoms with Crippen LogP contribution in [0.2, 0.25) is 0 Å². The van der Waals surface area contributed by atoms with E-state index in [9.17, 15) is 0 Å². The molecule has 1 aliphatic carbocycles. The maximum Gasteiger partial charge on any atom is 0.191 e. The molecule has 2 rings (SSSR count). The van der Waals surface area contributed by atoms with Crippen LogP contribution in [-0.2, 0) is 0 Å². The molecule has 0 heterocycles. The van der Waals surface area contributed by atoms with Crippen LogP contribution in [-0.4, -0.2) is 4.33 Å². The van der Waals surface area contributed by atoms with Crippen LogP contribution in [0.1, 0.15) is 5.56 Å². The lowest BCUT2D eigenvalue weighted by atomic mass is 10.2. The summed E-state index contributed by atoms with van der Waals surface area (Å²) in [6, 6.07) is 0. The first-order valence-electron chi connectivity index (χ1n) is 5.53. The Morgan fingerprint density at radius 1 is 0.667 bits per heavy atom. The zero-order chi connectivity index (χ0) is 19.0. The topological polar surface area (TPSA) is 0 Å². The van der Waals surface area contributed by atoms with Crippen molar-refractivity contribution in [3.63, 3.8) is 0 Å². The summed E-state index contributed by atoms with van der Waals surface area (Å²) in [7, 11) is 0. The summed E-state index contributed by atoms with van der Waals surface area (Å²) in [5.74, 6) is 0. The molecule has 1 aromatic rings. The third-order valence-electron chi connectivity index (χ3n) is 2.58. The number of rotatable bonds is 1. The third-order valence-corrected chi connectivity index (χ3v) is 11.9.